The Balaban J connectivity index is 0. The zero-order valence-corrected chi connectivity index (χ0v) is 16.1. The van der Waals surface area contributed by atoms with Crippen molar-refractivity contribution in [1.82, 2.24) is 15.5 Å². The molecule has 5 nitrogen and oxygen atoms in total. The minimum Gasteiger partial charge on any atom is -0.356 e. The van der Waals surface area contributed by atoms with Gasteiger partial charge in [0.15, 0.2) is 5.96 Å². The van der Waals surface area contributed by atoms with Crippen molar-refractivity contribution in [1.29, 1.82) is 0 Å². The van der Waals surface area contributed by atoms with Crippen LogP contribution in [0.25, 0.3) is 0 Å². The SMILES string of the molecule is CCCCN(C)C(=NC)NCC(C)(C)C(=O)NCC.I. The van der Waals surface area contributed by atoms with E-state index in [1.54, 1.807) is 7.05 Å². The molecule has 6 heteroatoms. The number of unbranched alkanes of at least 4 members (excludes halogenated alkanes) is 1. The maximum atomic E-state index is 11.9. The largest absolute Gasteiger partial charge is 0.356 e. The molecule has 0 aromatic carbocycles. The van der Waals surface area contributed by atoms with Gasteiger partial charge in [0, 0.05) is 33.7 Å². The summed E-state index contributed by atoms with van der Waals surface area (Å²) < 4.78 is 0. The Bertz CT molecular complexity index is 306. The Labute approximate surface area is 141 Å². The highest BCUT2D eigenvalue weighted by atomic mass is 127. The van der Waals surface area contributed by atoms with E-state index in [2.05, 4.69) is 27.4 Å². The highest BCUT2D eigenvalue weighted by Gasteiger charge is 2.27. The van der Waals surface area contributed by atoms with Crippen molar-refractivity contribution >= 4 is 35.8 Å². The molecule has 0 saturated heterocycles. The number of carbonyl (C=O) groups excluding carboxylic acids is 1. The van der Waals surface area contributed by atoms with Crippen molar-refractivity contribution in [2.24, 2.45) is 10.4 Å². The Morgan fingerprint density at radius 1 is 1.25 bits per heavy atom. The number of rotatable bonds is 7. The summed E-state index contributed by atoms with van der Waals surface area (Å²) in [4.78, 5) is 18.2. The number of nitrogens with one attached hydrogen (secondary N) is 2. The maximum Gasteiger partial charge on any atom is 0.227 e. The normalized spacial score (nSPS) is 11.6. The molecule has 0 spiro atoms. The second-order valence-corrected chi connectivity index (χ2v) is 5.42. The van der Waals surface area contributed by atoms with Gasteiger partial charge in [-0.25, -0.2) is 0 Å². The molecule has 0 aliphatic heterocycles. The topological polar surface area (TPSA) is 56.7 Å². The molecule has 0 aliphatic carbocycles. The van der Waals surface area contributed by atoms with Crippen LogP contribution in [-0.4, -0.2) is 50.5 Å². The van der Waals surface area contributed by atoms with E-state index in [-0.39, 0.29) is 29.9 Å². The number of hydrogen-bond donors (Lipinski definition) is 2. The van der Waals surface area contributed by atoms with Gasteiger partial charge in [0.25, 0.3) is 0 Å². The average molecular weight is 398 g/mol. The lowest BCUT2D eigenvalue weighted by Gasteiger charge is -2.28. The quantitative estimate of drug-likeness (QED) is 0.392. The van der Waals surface area contributed by atoms with Crippen molar-refractivity contribution in [2.45, 2.75) is 40.5 Å². The van der Waals surface area contributed by atoms with Gasteiger partial charge in [-0.15, -0.1) is 24.0 Å². The van der Waals surface area contributed by atoms with Gasteiger partial charge in [0.1, 0.15) is 0 Å². The Morgan fingerprint density at radius 3 is 2.30 bits per heavy atom. The summed E-state index contributed by atoms with van der Waals surface area (Å²) in [6.45, 7) is 10.2. The number of guanidine groups is 1. The molecule has 0 fully saturated rings. The van der Waals surface area contributed by atoms with E-state index < -0.39 is 5.41 Å². The van der Waals surface area contributed by atoms with Crippen LogP contribution in [0.1, 0.15) is 40.5 Å². The summed E-state index contributed by atoms with van der Waals surface area (Å²) in [6.07, 6.45) is 2.29. The predicted octanol–water partition coefficient (Wildman–Crippen LogP) is 2.07. The molecule has 0 atom stereocenters. The van der Waals surface area contributed by atoms with Crippen LogP contribution in [0.2, 0.25) is 0 Å². The Morgan fingerprint density at radius 2 is 1.85 bits per heavy atom. The first-order chi connectivity index (χ1) is 8.88. The standard InChI is InChI=1S/C14H30N4O.HI/c1-7-9-10-18(6)13(15-5)17-11-14(3,4)12(19)16-8-2;/h7-11H2,1-6H3,(H,15,17)(H,16,19);1H. The van der Waals surface area contributed by atoms with Crippen LogP contribution < -0.4 is 10.6 Å². The molecule has 0 rings (SSSR count). The lowest BCUT2D eigenvalue weighted by Crippen LogP contribution is -2.48. The van der Waals surface area contributed by atoms with Gasteiger partial charge in [0.05, 0.1) is 5.41 Å². The number of amides is 1. The predicted molar refractivity (Wildman–Crippen MR) is 96.8 cm³/mol. The first-order valence-electron chi connectivity index (χ1n) is 7.09. The highest BCUT2D eigenvalue weighted by molar-refractivity contribution is 14.0. The Kier molecular flexibility index (Phi) is 12.1. The molecule has 120 valence electrons. The fourth-order valence-corrected chi connectivity index (χ4v) is 1.67. The summed E-state index contributed by atoms with van der Waals surface area (Å²) in [5.41, 5.74) is -0.447. The lowest BCUT2D eigenvalue weighted by atomic mass is 9.92. The van der Waals surface area contributed by atoms with Crippen LogP contribution in [0.5, 0.6) is 0 Å². The molecule has 0 saturated carbocycles. The van der Waals surface area contributed by atoms with Crippen LogP contribution in [-0.2, 0) is 4.79 Å². The third-order valence-electron chi connectivity index (χ3n) is 3.06. The number of carbonyl (C=O) groups is 1. The average Bonchev–Trinajstić information content (AvgIpc) is 2.37. The van der Waals surface area contributed by atoms with Crippen molar-refractivity contribution in [3.63, 3.8) is 0 Å². The first-order valence-corrected chi connectivity index (χ1v) is 7.09. The fourth-order valence-electron chi connectivity index (χ4n) is 1.67. The van der Waals surface area contributed by atoms with Crippen molar-refractivity contribution < 1.29 is 4.79 Å². The molecule has 0 aliphatic rings. The molecule has 1 amide bonds. The van der Waals surface area contributed by atoms with Crippen LogP contribution in [0, 0.1) is 5.41 Å². The van der Waals surface area contributed by atoms with E-state index in [9.17, 15) is 4.79 Å². The second-order valence-electron chi connectivity index (χ2n) is 5.42. The van der Waals surface area contributed by atoms with E-state index >= 15 is 0 Å². The molecule has 0 aromatic rings. The lowest BCUT2D eigenvalue weighted by molar-refractivity contribution is -0.128. The first kappa shape index (κ1) is 21.8. The summed E-state index contributed by atoms with van der Waals surface area (Å²) in [6, 6.07) is 0. The molecule has 2 N–H and O–H groups in total. The molecule has 0 radical (unpaired) electrons. The molecule has 0 heterocycles. The maximum absolute atomic E-state index is 11.9. The number of hydrogen-bond acceptors (Lipinski definition) is 2. The van der Waals surface area contributed by atoms with Crippen molar-refractivity contribution in [2.75, 3.05) is 33.7 Å². The smallest absolute Gasteiger partial charge is 0.227 e. The fraction of sp³-hybridized carbons (Fsp3) is 0.857. The van der Waals surface area contributed by atoms with Crippen molar-refractivity contribution in [3.05, 3.63) is 0 Å². The summed E-state index contributed by atoms with van der Waals surface area (Å²) in [7, 11) is 3.79. The summed E-state index contributed by atoms with van der Waals surface area (Å²) in [5.74, 6) is 0.903. The minimum atomic E-state index is -0.447. The van der Waals surface area contributed by atoms with Gasteiger partial charge >= 0.3 is 0 Å². The van der Waals surface area contributed by atoms with Gasteiger partial charge in [-0.1, -0.05) is 13.3 Å². The molecule has 0 bridgehead atoms. The van der Waals surface area contributed by atoms with Crippen LogP contribution in [0.3, 0.4) is 0 Å². The van der Waals surface area contributed by atoms with Crippen molar-refractivity contribution in [3.8, 4) is 0 Å². The van der Waals surface area contributed by atoms with Gasteiger partial charge < -0.3 is 15.5 Å². The number of aliphatic imine (C=N–C) groups is 1. The van der Waals surface area contributed by atoms with Crippen LogP contribution >= 0.6 is 24.0 Å². The summed E-state index contributed by atoms with van der Waals surface area (Å²) >= 11 is 0. The highest BCUT2D eigenvalue weighted by Crippen LogP contribution is 2.13. The molecule has 0 unspecified atom stereocenters. The second kappa shape index (κ2) is 11.2. The van der Waals surface area contributed by atoms with E-state index in [0.717, 1.165) is 25.3 Å². The summed E-state index contributed by atoms with van der Waals surface area (Å²) in [5, 5.41) is 6.13. The zero-order valence-electron chi connectivity index (χ0n) is 13.7. The van der Waals surface area contributed by atoms with Gasteiger partial charge in [0.2, 0.25) is 5.91 Å². The van der Waals surface area contributed by atoms with E-state index in [0.29, 0.717) is 13.1 Å². The zero-order chi connectivity index (χ0) is 14.9. The molecular formula is C14H31IN4O. The van der Waals surface area contributed by atoms with Gasteiger partial charge in [-0.3, -0.25) is 9.79 Å². The number of halogens is 1. The minimum absolute atomic E-state index is 0. The van der Waals surface area contributed by atoms with Gasteiger partial charge in [-0.2, -0.15) is 0 Å². The number of nitrogens with zero attached hydrogens (tertiary/aromatic N) is 2. The van der Waals surface area contributed by atoms with E-state index in [1.165, 1.54) is 0 Å². The molecule has 0 aromatic heterocycles. The third kappa shape index (κ3) is 7.91. The Hall–Kier alpha value is -0.530. The molecular weight excluding hydrogens is 367 g/mol. The molecule has 20 heavy (non-hydrogen) atoms. The van der Waals surface area contributed by atoms with Crippen LogP contribution in [0.4, 0.5) is 0 Å². The third-order valence-corrected chi connectivity index (χ3v) is 3.06. The van der Waals surface area contributed by atoms with Gasteiger partial charge in [-0.05, 0) is 27.2 Å². The van der Waals surface area contributed by atoms with E-state index in [1.807, 2.05) is 27.8 Å². The monoisotopic (exact) mass is 398 g/mol. The van der Waals surface area contributed by atoms with E-state index in [4.69, 9.17) is 0 Å². The van der Waals surface area contributed by atoms with Crippen LogP contribution in [0.15, 0.2) is 4.99 Å².